The van der Waals surface area contributed by atoms with Crippen LogP contribution in [0.5, 0.6) is 0 Å². The first-order chi connectivity index (χ1) is 7.70. The number of nitrogens with zero attached hydrogens (tertiary/aromatic N) is 5. The predicted octanol–water partition coefficient (Wildman–Crippen LogP) is 3.89. The van der Waals surface area contributed by atoms with E-state index in [2.05, 4.69) is 30.9 Å². The number of aromatic nitrogens is 2. The van der Waals surface area contributed by atoms with Gasteiger partial charge in [-0.3, -0.25) is 0 Å². The normalized spacial score (nSPS) is 9.88. The molecular weight excluding hydrogens is 270 g/mol. The summed E-state index contributed by atoms with van der Waals surface area (Å²) in [5.74, 6) is 0. The van der Waals surface area contributed by atoms with Crippen LogP contribution >= 0.6 is 15.9 Å². The Kier molecular flexibility index (Phi) is 2.94. The van der Waals surface area contributed by atoms with Gasteiger partial charge in [0.2, 0.25) is 0 Å². The van der Waals surface area contributed by atoms with Crippen LogP contribution in [0.3, 0.4) is 0 Å². The first kappa shape index (κ1) is 10.7. The zero-order chi connectivity index (χ0) is 11.5. The minimum absolute atomic E-state index is 0.564. The summed E-state index contributed by atoms with van der Waals surface area (Å²) in [7, 11) is 0. The second-order valence-corrected chi connectivity index (χ2v) is 4.16. The number of imidazole rings is 1. The van der Waals surface area contributed by atoms with Crippen LogP contribution in [-0.2, 0) is 0 Å². The Hall–Kier alpha value is -1.78. The molecule has 0 spiro atoms. The summed E-state index contributed by atoms with van der Waals surface area (Å²) >= 11 is 3.34. The van der Waals surface area contributed by atoms with Gasteiger partial charge in [-0.15, -0.1) is 0 Å². The van der Waals surface area contributed by atoms with Crippen molar-refractivity contribution in [3.63, 3.8) is 0 Å². The van der Waals surface area contributed by atoms with E-state index in [1.54, 1.807) is 12.4 Å². The zero-order valence-electron chi connectivity index (χ0n) is 8.50. The van der Waals surface area contributed by atoms with E-state index in [1.807, 2.05) is 29.8 Å². The van der Waals surface area contributed by atoms with Gasteiger partial charge in [-0.25, -0.2) is 4.98 Å². The average molecular weight is 278 g/mol. The van der Waals surface area contributed by atoms with E-state index in [1.165, 1.54) is 0 Å². The third-order valence-corrected chi connectivity index (χ3v) is 2.57. The van der Waals surface area contributed by atoms with Crippen LogP contribution in [0, 0.1) is 6.92 Å². The minimum Gasteiger partial charge on any atom is -0.306 e. The molecule has 16 heavy (non-hydrogen) atoms. The Morgan fingerprint density at radius 1 is 1.50 bits per heavy atom. The Morgan fingerprint density at radius 2 is 2.31 bits per heavy atom. The highest BCUT2D eigenvalue weighted by molar-refractivity contribution is 9.10. The maximum absolute atomic E-state index is 8.51. The lowest BCUT2D eigenvalue weighted by Crippen LogP contribution is -1.90. The highest BCUT2D eigenvalue weighted by Crippen LogP contribution is 2.27. The molecule has 0 bridgehead atoms. The summed E-state index contributed by atoms with van der Waals surface area (Å²) in [6.07, 6.45) is 3.56. The highest BCUT2D eigenvalue weighted by atomic mass is 79.9. The molecule has 1 aromatic heterocycles. The van der Waals surface area contributed by atoms with Gasteiger partial charge in [0, 0.05) is 15.6 Å². The van der Waals surface area contributed by atoms with E-state index in [9.17, 15) is 0 Å². The molecule has 0 saturated heterocycles. The van der Waals surface area contributed by atoms with Crippen molar-refractivity contribution in [3.05, 3.63) is 51.3 Å². The fourth-order valence-electron chi connectivity index (χ4n) is 1.40. The summed E-state index contributed by atoms with van der Waals surface area (Å²) in [5.41, 5.74) is 10.8. The molecule has 0 radical (unpaired) electrons. The van der Waals surface area contributed by atoms with Crippen LogP contribution < -0.4 is 0 Å². The predicted molar refractivity (Wildman–Crippen MR) is 64.8 cm³/mol. The highest BCUT2D eigenvalue weighted by Gasteiger charge is 2.04. The fraction of sp³-hybridized carbons (Fsp3) is 0.100. The van der Waals surface area contributed by atoms with Crippen molar-refractivity contribution in [2.45, 2.75) is 6.92 Å². The lowest BCUT2D eigenvalue weighted by atomic mass is 10.2. The van der Waals surface area contributed by atoms with E-state index >= 15 is 0 Å². The first-order valence-corrected chi connectivity index (χ1v) is 5.35. The first-order valence-electron chi connectivity index (χ1n) is 4.56. The fourth-order valence-corrected chi connectivity index (χ4v) is 1.75. The van der Waals surface area contributed by atoms with Gasteiger partial charge < -0.3 is 4.57 Å². The quantitative estimate of drug-likeness (QED) is 0.467. The SMILES string of the molecule is Cc1cn(-c2ccc(Br)cc2N=[N+]=[N-])cn1. The molecule has 0 N–H and O–H groups in total. The standard InChI is InChI=1S/C10H8BrN5/c1-7-5-16(6-13-7)10-3-2-8(11)4-9(10)14-15-12/h2-6H,1H3. The Bertz CT molecular complexity index is 568. The van der Waals surface area contributed by atoms with Crippen LogP contribution in [0.25, 0.3) is 16.1 Å². The van der Waals surface area contributed by atoms with Crippen LogP contribution in [0.15, 0.2) is 40.3 Å². The van der Waals surface area contributed by atoms with Gasteiger partial charge in [0.1, 0.15) is 0 Å². The molecule has 0 unspecified atom stereocenters. The van der Waals surface area contributed by atoms with E-state index in [4.69, 9.17) is 5.53 Å². The largest absolute Gasteiger partial charge is 0.306 e. The summed E-state index contributed by atoms with van der Waals surface area (Å²) < 4.78 is 2.70. The van der Waals surface area contributed by atoms with Gasteiger partial charge in [0.15, 0.2) is 0 Å². The zero-order valence-corrected chi connectivity index (χ0v) is 10.1. The molecule has 1 aromatic carbocycles. The monoisotopic (exact) mass is 277 g/mol. The number of rotatable bonds is 2. The minimum atomic E-state index is 0.564. The molecule has 0 amide bonds. The average Bonchev–Trinajstić information content (AvgIpc) is 2.65. The molecule has 2 aromatic rings. The summed E-state index contributed by atoms with van der Waals surface area (Å²) in [6, 6.07) is 5.53. The Labute approximate surface area is 100 Å². The van der Waals surface area contributed by atoms with E-state index in [-0.39, 0.29) is 0 Å². The van der Waals surface area contributed by atoms with Crippen molar-refractivity contribution in [2.75, 3.05) is 0 Å². The topological polar surface area (TPSA) is 66.6 Å². The smallest absolute Gasteiger partial charge is 0.0995 e. The second-order valence-electron chi connectivity index (χ2n) is 3.24. The summed E-state index contributed by atoms with van der Waals surface area (Å²) in [6.45, 7) is 1.91. The van der Waals surface area contributed by atoms with Crippen LogP contribution in [0.4, 0.5) is 5.69 Å². The van der Waals surface area contributed by atoms with Crippen molar-refractivity contribution >= 4 is 21.6 Å². The van der Waals surface area contributed by atoms with Gasteiger partial charge in [-0.2, -0.15) is 0 Å². The lowest BCUT2D eigenvalue weighted by molar-refractivity contribution is 1.05. The molecular formula is C10H8BrN5. The van der Waals surface area contributed by atoms with Crippen LogP contribution in [0.2, 0.25) is 0 Å². The number of hydrogen-bond donors (Lipinski definition) is 0. The van der Waals surface area contributed by atoms with E-state index in [0.717, 1.165) is 15.9 Å². The van der Waals surface area contributed by atoms with Crippen LogP contribution in [-0.4, -0.2) is 9.55 Å². The van der Waals surface area contributed by atoms with Gasteiger partial charge in [0.05, 0.1) is 23.4 Å². The van der Waals surface area contributed by atoms with Crippen molar-refractivity contribution in [2.24, 2.45) is 5.11 Å². The summed E-state index contributed by atoms with van der Waals surface area (Å²) in [4.78, 5) is 6.94. The molecule has 80 valence electrons. The maximum atomic E-state index is 8.51. The summed E-state index contributed by atoms with van der Waals surface area (Å²) in [5, 5.41) is 3.66. The number of benzene rings is 1. The third-order valence-electron chi connectivity index (χ3n) is 2.08. The number of aryl methyl sites for hydroxylation is 1. The molecule has 0 saturated carbocycles. The maximum Gasteiger partial charge on any atom is 0.0995 e. The molecule has 1 heterocycles. The molecule has 5 nitrogen and oxygen atoms in total. The van der Waals surface area contributed by atoms with E-state index < -0.39 is 0 Å². The van der Waals surface area contributed by atoms with Gasteiger partial charge in [-0.1, -0.05) is 21.0 Å². The van der Waals surface area contributed by atoms with Crippen LogP contribution in [0.1, 0.15) is 5.69 Å². The lowest BCUT2D eigenvalue weighted by Gasteiger charge is -2.05. The number of hydrogen-bond acceptors (Lipinski definition) is 2. The van der Waals surface area contributed by atoms with Gasteiger partial charge in [0.25, 0.3) is 0 Å². The van der Waals surface area contributed by atoms with Crippen molar-refractivity contribution in [3.8, 4) is 5.69 Å². The molecule has 0 atom stereocenters. The van der Waals surface area contributed by atoms with Crippen molar-refractivity contribution in [1.82, 2.24) is 9.55 Å². The van der Waals surface area contributed by atoms with Gasteiger partial charge in [-0.05, 0) is 30.7 Å². The molecule has 0 aliphatic carbocycles. The number of halogens is 1. The second kappa shape index (κ2) is 4.38. The Morgan fingerprint density at radius 3 is 2.94 bits per heavy atom. The molecule has 0 aliphatic rings. The molecule has 0 aliphatic heterocycles. The molecule has 6 heteroatoms. The van der Waals surface area contributed by atoms with Gasteiger partial charge >= 0.3 is 0 Å². The van der Waals surface area contributed by atoms with Crippen molar-refractivity contribution < 1.29 is 0 Å². The number of azide groups is 1. The molecule has 2 rings (SSSR count). The molecule has 0 fully saturated rings. The Balaban J connectivity index is 2.59. The van der Waals surface area contributed by atoms with E-state index in [0.29, 0.717) is 5.69 Å². The third kappa shape index (κ3) is 2.08. The van der Waals surface area contributed by atoms with Crippen molar-refractivity contribution in [1.29, 1.82) is 0 Å².